The van der Waals surface area contributed by atoms with Gasteiger partial charge in [-0.05, 0) is 41.5 Å². The van der Waals surface area contributed by atoms with E-state index in [1.165, 1.54) is 25.7 Å². The van der Waals surface area contributed by atoms with Crippen LogP contribution >= 0.6 is 22.6 Å². The molecule has 0 atom stereocenters. The monoisotopic (exact) mass is 366 g/mol. The molecular weight excluding hydrogens is 351 g/mol. The van der Waals surface area contributed by atoms with Crippen molar-refractivity contribution in [2.75, 3.05) is 0 Å². The lowest BCUT2D eigenvalue weighted by molar-refractivity contribution is 0.112. The van der Waals surface area contributed by atoms with Crippen molar-refractivity contribution < 1.29 is 4.79 Å². The Kier molecular flexibility index (Phi) is 3.68. The molecule has 1 aromatic carbocycles. The van der Waals surface area contributed by atoms with Crippen LogP contribution in [0.4, 0.5) is 0 Å². The smallest absolute Gasteiger partial charge is 0.153 e. The van der Waals surface area contributed by atoms with E-state index in [0.717, 1.165) is 21.1 Å². The van der Waals surface area contributed by atoms with Gasteiger partial charge in [-0.15, -0.1) is 0 Å². The molecule has 0 saturated heterocycles. The topological polar surface area (TPSA) is 34.9 Å². The minimum absolute atomic E-state index is 0.467. The molecule has 1 saturated carbocycles. The van der Waals surface area contributed by atoms with E-state index in [9.17, 15) is 4.79 Å². The number of carbonyl (C=O) groups is 1. The Morgan fingerprint density at radius 1 is 1.26 bits per heavy atom. The normalized spacial score (nSPS) is 15.8. The molecule has 1 aliphatic rings. The SMILES string of the molecule is O=Cc1cn(C2CCCC2)nc1-c1ccccc1I. The van der Waals surface area contributed by atoms with Crippen LogP contribution in [0.1, 0.15) is 42.1 Å². The molecule has 1 aromatic heterocycles. The summed E-state index contributed by atoms with van der Waals surface area (Å²) in [7, 11) is 0. The van der Waals surface area contributed by atoms with Gasteiger partial charge in [-0.3, -0.25) is 9.48 Å². The van der Waals surface area contributed by atoms with E-state index in [4.69, 9.17) is 0 Å². The van der Waals surface area contributed by atoms with E-state index in [1.807, 2.05) is 35.1 Å². The zero-order chi connectivity index (χ0) is 13.2. The fourth-order valence-electron chi connectivity index (χ4n) is 2.71. The maximum absolute atomic E-state index is 11.3. The first-order valence-corrected chi connectivity index (χ1v) is 7.66. The molecule has 0 aliphatic heterocycles. The van der Waals surface area contributed by atoms with Crippen molar-refractivity contribution in [1.82, 2.24) is 9.78 Å². The number of hydrogen-bond donors (Lipinski definition) is 0. The Morgan fingerprint density at radius 2 is 2.00 bits per heavy atom. The van der Waals surface area contributed by atoms with E-state index < -0.39 is 0 Å². The van der Waals surface area contributed by atoms with E-state index in [1.54, 1.807) is 0 Å². The number of halogens is 1. The highest BCUT2D eigenvalue weighted by molar-refractivity contribution is 14.1. The predicted molar refractivity (Wildman–Crippen MR) is 83.3 cm³/mol. The summed E-state index contributed by atoms with van der Waals surface area (Å²) >= 11 is 2.29. The summed E-state index contributed by atoms with van der Waals surface area (Å²) in [6.45, 7) is 0. The molecule has 0 unspecified atom stereocenters. The third kappa shape index (κ3) is 2.45. The fourth-order valence-corrected chi connectivity index (χ4v) is 3.35. The van der Waals surface area contributed by atoms with Crippen LogP contribution in [0, 0.1) is 3.57 Å². The highest BCUT2D eigenvalue weighted by Crippen LogP contribution is 2.32. The summed E-state index contributed by atoms with van der Waals surface area (Å²) in [5, 5.41) is 4.67. The second-order valence-corrected chi connectivity index (χ2v) is 6.11. The summed E-state index contributed by atoms with van der Waals surface area (Å²) in [5.74, 6) is 0. The van der Waals surface area contributed by atoms with Gasteiger partial charge >= 0.3 is 0 Å². The summed E-state index contributed by atoms with van der Waals surface area (Å²) in [6.07, 6.45) is 7.69. The second kappa shape index (κ2) is 5.45. The summed E-state index contributed by atoms with van der Waals surface area (Å²) < 4.78 is 3.12. The largest absolute Gasteiger partial charge is 0.298 e. The summed E-state index contributed by atoms with van der Waals surface area (Å²) in [5.41, 5.74) is 2.55. The van der Waals surface area contributed by atoms with Gasteiger partial charge in [0.1, 0.15) is 5.69 Å². The van der Waals surface area contributed by atoms with Crippen molar-refractivity contribution in [1.29, 1.82) is 0 Å². The standard InChI is InChI=1S/C15H15IN2O/c16-14-8-4-3-7-13(14)15-11(10-19)9-18(17-15)12-5-1-2-6-12/h3-4,7-10,12H,1-2,5-6H2. The maximum atomic E-state index is 11.3. The quantitative estimate of drug-likeness (QED) is 0.606. The molecule has 98 valence electrons. The molecule has 19 heavy (non-hydrogen) atoms. The Labute approximate surface area is 126 Å². The van der Waals surface area contributed by atoms with Crippen LogP contribution in [0.2, 0.25) is 0 Å². The Bertz CT molecular complexity index is 600. The van der Waals surface area contributed by atoms with Gasteiger partial charge in [0.15, 0.2) is 6.29 Å². The van der Waals surface area contributed by atoms with Crippen LogP contribution in [0.3, 0.4) is 0 Å². The number of carbonyl (C=O) groups excluding carboxylic acids is 1. The average Bonchev–Trinajstić information content (AvgIpc) is 3.08. The Balaban J connectivity index is 2.05. The minimum Gasteiger partial charge on any atom is -0.298 e. The highest BCUT2D eigenvalue weighted by atomic mass is 127. The summed E-state index contributed by atoms with van der Waals surface area (Å²) in [4.78, 5) is 11.3. The van der Waals surface area contributed by atoms with Gasteiger partial charge in [-0.25, -0.2) is 0 Å². The van der Waals surface area contributed by atoms with Crippen LogP contribution in [0.15, 0.2) is 30.5 Å². The van der Waals surface area contributed by atoms with Gasteiger partial charge in [0.2, 0.25) is 0 Å². The molecule has 0 spiro atoms. The van der Waals surface area contributed by atoms with Crippen molar-refractivity contribution in [3.63, 3.8) is 0 Å². The van der Waals surface area contributed by atoms with Crippen molar-refractivity contribution in [2.45, 2.75) is 31.7 Å². The third-order valence-electron chi connectivity index (χ3n) is 3.72. The molecule has 0 amide bonds. The van der Waals surface area contributed by atoms with Gasteiger partial charge in [0, 0.05) is 15.3 Å². The van der Waals surface area contributed by atoms with E-state index >= 15 is 0 Å². The zero-order valence-corrected chi connectivity index (χ0v) is 12.7. The predicted octanol–water partition coefficient (Wildman–Crippen LogP) is 4.08. The molecule has 1 aliphatic carbocycles. The zero-order valence-electron chi connectivity index (χ0n) is 10.6. The lowest BCUT2D eigenvalue weighted by Crippen LogP contribution is -2.05. The van der Waals surface area contributed by atoms with E-state index in [-0.39, 0.29) is 0 Å². The van der Waals surface area contributed by atoms with Gasteiger partial charge in [0.25, 0.3) is 0 Å². The molecule has 2 aromatic rings. The number of hydrogen-bond acceptors (Lipinski definition) is 2. The number of nitrogens with zero attached hydrogens (tertiary/aromatic N) is 2. The highest BCUT2D eigenvalue weighted by Gasteiger charge is 2.20. The van der Waals surface area contributed by atoms with Crippen LogP contribution in [0.25, 0.3) is 11.3 Å². The van der Waals surface area contributed by atoms with Crippen LogP contribution in [0.5, 0.6) is 0 Å². The molecule has 3 nitrogen and oxygen atoms in total. The first-order valence-electron chi connectivity index (χ1n) is 6.59. The van der Waals surface area contributed by atoms with Gasteiger partial charge in [-0.1, -0.05) is 31.0 Å². The maximum Gasteiger partial charge on any atom is 0.153 e. The van der Waals surface area contributed by atoms with Gasteiger partial charge < -0.3 is 0 Å². The molecule has 4 heteroatoms. The second-order valence-electron chi connectivity index (χ2n) is 4.95. The number of rotatable bonds is 3. The summed E-state index contributed by atoms with van der Waals surface area (Å²) in [6, 6.07) is 8.52. The first-order chi connectivity index (χ1) is 9.29. The minimum atomic E-state index is 0.467. The molecule has 1 heterocycles. The molecule has 0 N–H and O–H groups in total. The molecule has 0 bridgehead atoms. The Hall–Kier alpha value is -1.17. The number of aldehydes is 1. The number of aromatic nitrogens is 2. The third-order valence-corrected chi connectivity index (χ3v) is 4.66. The molecule has 1 fully saturated rings. The molecule has 3 rings (SSSR count). The van der Waals surface area contributed by atoms with Crippen molar-refractivity contribution in [2.24, 2.45) is 0 Å². The van der Waals surface area contributed by atoms with Crippen molar-refractivity contribution in [3.8, 4) is 11.3 Å². The van der Waals surface area contributed by atoms with E-state index in [2.05, 4.69) is 27.7 Å². The molecule has 0 radical (unpaired) electrons. The Morgan fingerprint density at radius 3 is 2.68 bits per heavy atom. The van der Waals surface area contributed by atoms with Gasteiger partial charge in [-0.2, -0.15) is 5.10 Å². The lowest BCUT2D eigenvalue weighted by Gasteiger charge is -2.08. The van der Waals surface area contributed by atoms with Crippen LogP contribution in [-0.2, 0) is 0 Å². The molecular formula is C15H15IN2O. The van der Waals surface area contributed by atoms with Crippen molar-refractivity contribution >= 4 is 28.9 Å². The fraction of sp³-hybridized carbons (Fsp3) is 0.333. The lowest BCUT2D eigenvalue weighted by atomic mass is 10.1. The van der Waals surface area contributed by atoms with Crippen molar-refractivity contribution in [3.05, 3.63) is 39.6 Å². The number of benzene rings is 1. The van der Waals surface area contributed by atoms with Crippen LogP contribution in [-0.4, -0.2) is 16.1 Å². The average molecular weight is 366 g/mol. The van der Waals surface area contributed by atoms with Crippen LogP contribution < -0.4 is 0 Å². The van der Waals surface area contributed by atoms with E-state index in [0.29, 0.717) is 11.6 Å². The van der Waals surface area contributed by atoms with Gasteiger partial charge in [0.05, 0.1) is 11.6 Å². The first kappa shape index (κ1) is 12.8.